The highest BCUT2D eigenvalue weighted by Crippen LogP contribution is 2.57. The number of fused-ring (bicyclic) bond motifs is 1. The molecule has 5 aliphatic carbocycles. The molecule has 2 atom stereocenters. The summed E-state index contributed by atoms with van der Waals surface area (Å²) >= 11 is 1.97. The van der Waals surface area contributed by atoms with Crippen LogP contribution in [0.2, 0.25) is 0 Å². The van der Waals surface area contributed by atoms with Crippen LogP contribution in [-0.4, -0.2) is 22.1 Å². The number of aliphatic imine (C=N–C) groups is 1. The molecule has 0 radical (unpaired) electrons. The molecule has 6 rings (SSSR count). The van der Waals surface area contributed by atoms with E-state index >= 15 is 0 Å². The minimum atomic E-state index is 0.296. The smallest absolute Gasteiger partial charge is 0.247 e. The average Bonchev–Trinajstić information content (AvgIpc) is 2.77. The molecule has 0 N–H and O–H groups in total. The molecule has 4 bridgehead atoms. The monoisotopic (exact) mass is 291 g/mol. The fraction of sp³-hybridized carbons (Fsp3) is 0.941. The van der Waals surface area contributed by atoms with Gasteiger partial charge in [-0.2, -0.15) is 0 Å². The summed E-state index contributed by atoms with van der Waals surface area (Å²) in [7, 11) is 0. The molecule has 0 amide bonds. The van der Waals surface area contributed by atoms with Crippen molar-refractivity contribution in [3.63, 3.8) is 0 Å². The van der Waals surface area contributed by atoms with Crippen molar-refractivity contribution in [1.82, 2.24) is 0 Å². The molecular formula is C17H25NOS. The Hall–Kier alpha value is -0.180. The molecule has 0 aromatic heterocycles. The minimum Gasteiger partial charge on any atom is -0.469 e. The van der Waals surface area contributed by atoms with Crippen LogP contribution in [0.25, 0.3) is 0 Å². The van der Waals surface area contributed by atoms with Gasteiger partial charge in [0.2, 0.25) is 5.23 Å². The molecule has 5 saturated carbocycles. The molecule has 1 aliphatic heterocycles. The van der Waals surface area contributed by atoms with Crippen molar-refractivity contribution in [2.45, 2.75) is 81.1 Å². The molecule has 0 aromatic carbocycles. The van der Waals surface area contributed by atoms with Crippen LogP contribution in [0.5, 0.6) is 0 Å². The molecule has 2 nitrogen and oxygen atoms in total. The van der Waals surface area contributed by atoms with Crippen molar-refractivity contribution >= 4 is 17.0 Å². The lowest BCUT2D eigenvalue weighted by Crippen LogP contribution is -2.49. The summed E-state index contributed by atoms with van der Waals surface area (Å²) in [5.74, 6) is 2.96. The molecule has 110 valence electrons. The molecule has 1 saturated heterocycles. The zero-order chi connectivity index (χ0) is 13.2. The Bertz CT molecular complexity index is 395. The van der Waals surface area contributed by atoms with Gasteiger partial charge in [-0.1, -0.05) is 18.2 Å². The first kappa shape index (κ1) is 12.4. The molecule has 6 aliphatic rings. The molecule has 1 heterocycles. The van der Waals surface area contributed by atoms with E-state index in [0.29, 0.717) is 11.6 Å². The Kier molecular flexibility index (Phi) is 2.73. The average molecular weight is 291 g/mol. The fourth-order valence-electron chi connectivity index (χ4n) is 6.07. The lowest BCUT2D eigenvalue weighted by Gasteiger charge is -2.54. The first-order valence-electron chi connectivity index (χ1n) is 8.71. The first-order valence-corrected chi connectivity index (χ1v) is 9.59. The standard InChI is InChI=1S/C17H25NOS/c1-2-4-15-14(3-1)19-16(20-15)18-17-8-11-5-12(9-17)7-13(6-11)10-17/h11-15H,1-10H2. The Morgan fingerprint density at radius 1 is 0.950 bits per heavy atom. The van der Waals surface area contributed by atoms with Crippen LogP contribution in [0.4, 0.5) is 0 Å². The van der Waals surface area contributed by atoms with E-state index in [1.54, 1.807) is 0 Å². The van der Waals surface area contributed by atoms with Crippen LogP contribution in [0.3, 0.4) is 0 Å². The van der Waals surface area contributed by atoms with Crippen LogP contribution >= 0.6 is 11.8 Å². The highest BCUT2D eigenvalue weighted by atomic mass is 32.2. The number of hydrogen-bond acceptors (Lipinski definition) is 3. The molecule has 20 heavy (non-hydrogen) atoms. The van der Waals surface area contributed by atoms with Gasteiger partial charge in [-0.3, -0.25) is 0 Å². The van der Waals surface area contributed by atoms with Gasteiger partial charge in [0.15, 0.2) is 0 Å². The second-order valence-electron chi connectivity index (χ2n) is 8.12. The third-order valence-electron chi connectivity index (χ3n) is 6.48. The fourth-order valence-corrected chi connectivity index (χ4v) is 7.38. The van der Waals surface area contributed by atoms with Gasteiger partial charge in [-0.25, -0.2) is 4.99 Å². The van der Waals surface area contributed by atoms with E-state index in [0.717, 1.165) is 28.2 Å². The van der Waals surface area contributed by atoms with Crippen LogP contribution in [0.1, 0.15) is 64.2 Å². The van der Waals surface area contributed by atoms with E-state index in [1.165, 1.54) is 64.2 Å². The number of ether oxygens (including phenoxy) is 1. The van der Waals surface area contributed by atoms with Crippen molar-refractivity contribution in [3.8, 4) is 0 Å². The largest absolute Gasteiger partial charge is 0.469 e. The van der Waals surface area contributed by atoms with Gasteiger partial charge in [-0.05, 0) is 75.5 Å². The highest BCUT2D eigenvalue weighted by molar-refractivity contribution is 8.14. The predicted molar refractivity (Wildman–Crippen MR) is 83.1 cm³/mol. The van der Waals surface area contributed by atoms with Crippen molar-refractivity contribution in [2.24, 2.45) is 22.7 Å². The summed E-state index contributed by atoms with van der Waals surface area (Å²) in [5, 5.41) is 1.79. The summed E-state index contributed by atoms with van der Waals surface area (Å²) in [6.45, 7) is 0. The lowest BCUT2D eigenvalue weighted by atomic mass is 9.53. The van der Waals surface area contributed by atoms with E-state index in [4.69, 9.17) is 9.73 Å². The maximum absolute atomic E-state index is 6.22. The highest BCUT2D eigenvalue weighted by Gasteiger charge is 2.52. The summed E-state index contributed by atoms with van der Waals surface area (Å²) in [6.07, 6.45) is 14.4. The lowest BCUT2D eigenvalue weighted by molar-refractivity contribution is 0.000411. The van der Waals surface area contributed by atoms with E-state index in [9.17, 15) is 0 Å². The number of nitrogens with zero attached hydrogens (tertiary/aromatic N) is 1. The maximum atomic E-state index is 6.22. The van der Waals surface area contributed by atoms with Crippen LogP contribution in [0, 0.1) is 17.8 Å². The van der Waals surface area contributed by atoms with Gasteiger partial charge < -0.3 is 4.74 Å². The van der Waals surface area contributed by atoms with Gasteiger partial charge in [0, 0.05) is 0 Å². The normalized spacial score (nSPS) is 55.0. The maximum Gasteiger partial charge on any atom is 0.247 e. The van der Waals surface area contributed by atoms with E-state index in [2.05, 4.69) is 0 Å². The SMILES string of the molecule is C1CCC2SC(=NC34CC5CC(CC(C5)C3)C4)OC2C1. The molecule has 6 fully saturated rings. The summed E-state index contributed by atoms with van der Waals surface area (Å²) < 4.78 is 6.22. The molecular weight excluding hydrogens is 266 g/mol. The van der Waals surface area contributed by atoms with E-state index < -0.39 is 0 Å². The van der Waals surface area contributed by atoms with Gasteiger partial charge >= 0.3 is 0 Å². The number of rotatable bonds is 1. The third kappa shape index (κ3) is 1.95. The molecule has 3 heteroatoms. The number of hydrogen-bond donors (Lipinski definition) is 0. The quantitative estimate of drug-likeness (QED) is 0.715. The second-order valence-corrected chi connectivity index (χ2v) is 9.31. The zero-order valence-corrected chi connectivity index (χ0v) is 13.0. The molecule has 0 spiro atoms. The Morgan fingerprint density at radius 2 is 1.60 bits per heavy atom. The summed E-state index contributed by atoms with van der Waals surface area (Å²) in [5.41, 5.74) is 0.296. The Balaban J connectivity index is 1.39. The van der Waals surface area contributed by atoms with Gasteiger partial charge in [-0.15, -0.1) is 0 Å². The zero-order valence-electron chi connectivity index (χ0n) is 12.2. The first-order chi connectivity index (χ1) is 9.78. The minimum absolute atomic E-state index is 0.296. The van der Waals surface area contributed by atoms with Crippen LogP contribution in [-0.2, 0) is 4.74 Å². The van der Waals surface area contributed by atoms with Crippen molar-refractivity contribution in [1.29, 1.82) is 0 Å². The van der Waals surface area contributed by atoms with Crippen molar-refractivity contribution < 1.29 is 4.74 Å². The van der Waals surface area contributed by atoms with Gasteiger partial charge in [0.05, 0.1) is 10.8 Å². The molecule has 2 unspecified atom stereocenters. The predicted octanol–water partition coefficient (Wildman–Crippen LogP) is 4.39. The Morgan fingerprint density at radius 3 is 2.25 bits per heavy atom. The van der Waals surface area contributed by atoms with Crippen molar-refractivity contribution in [3.05, 3.63) is 0 Å². The molecule has 0 aromatic rings. The van der Waals surface area contributed by atoms with Gasteiger partial charge in [0.25, 0.3) is 0 Å². The van der Waals surface area contributed by atoms with E-state index in [1.807, 2.05) is 11.8 Å². The van der Waals surface area contributed by atoms with E-state index in [-0.39, 0.29) is 0 Å². The third-order valence-corrected chi connectivity index (χ3v) is 7.71. The second kappa shape index (κ2) is 4.41. The van der Waals surface area contributed by atoms with Crippen LogP contribution in [0.15, 0.2) is 4.99 Å². The van der Waals surface area contributed by atoms with Crippen LogP contribution < -0.4 is 0 Å². The van der Waals surface area contributed by atoms with Crippen molar-refractivity contribution in [2.75, 3.05) is 0 Å². The summed E-state index contributed by atoms with van der Waals surface area (Å²) in [6, 6.07) is 0. The summed E-state index contributed by atoms with van der Waals surface area (Å²) in [4.78, 5) is 5.25. The topological polar surface area (TPSA) is 21.6 Å². The Labute approximate surface area is 126 Å². The number of thioether (sulfide) groups is 1. The van der Waals surface area contributed by atoms with Gasteiger partial charge in [0.1, 0.15) is 6.10 Å².